The summed E-state index contributed by atoms with van der Waals surface area (Å²) in [5.74, 6) is -0.406. The smallest absolute Gasteiger partial charge is 0.316 e. The molecule has 0 atom stereocenters. The van der Waals surface area contributed by atoms with Crippen LogP contribution in [0.25, 0.3) is 5.69 Å². The van der Waals surface area contributed by atoms with Gasteiger partial charge in [-0.3, -0.25) is 4.79 Å². The summed E-state index contributed by atoms with van der Waals surface area (Å²) >= 11 is 0. The largest absolute Gasteiger partial charge is 0.483 e. The molecule has 2 aliphatic heterocycles. The van der Waals surface area contributed by atoms with Crippen LogP contribution in [0.5, 0.6) is 5.75 Å². The van der Waals surface area contributed by atoms with E-state index >= 15 is 0 Å². The van der Waals surface area contributed by atoms with Gasteiger partial charge in [0.15, 0.2) is 0 Å². The third-order valence-corrected chi connectivity index (χ3v) is 11.6. The molecular weight excluding hydrogens is 597 g/mol. The van der Waals surface area contributed by atoms with Gasteiger partial charge in [0.1, 0.15) is 17.6 Å². The number of hydrogen-bond donors (Lipinski definition) is 0. The fourth-order valence-corrected chi connectivity index (χ4v) is 8.45. The minimum absolute atomic E-state index is 0.0507. The molecule has 2 aliphatic rings. The summed E-state index contributed by atoms with van der Waals surface area (Å²) in [5, 5.41) is 4.34. The normalized spacial score (nSPS) is 17.7. The predicted octanol–water partition coefficient (Wildman–Crippen LogP) is 2.61. The Hall–Kier alpha value is -3.33. The second-order valence-corrected chi connectivity index (χ2v) is 14.8. The van der Waals surface area contributed by atoms with Crippen LogP contribution in [0.15, 0.2) is 65.6 Å². The molecule has 0 spiro atoms. The Balaban J connectivity index is 1.36. The lowest BCUT2D eigenvalue weighted by Crippen LogP contribution is -2.49. The van der Waals surface area contributed by atoms with Gasteiger partial charge in [-0.2, -0.15) is 14.1 Å². The van der Waals surface area contributed by atoms with Gasteiger partial charge in [0.2, 0.25) is 25.8 Å². The van der Waals surface area contributed by atoms with Crippen molar-refractivity contribution in [3.8, 4) is 11.4 Å². The Morgan fingerprint density at radius 3 is 2.12 bits per heavy atom. The maximum Gasteiger partial charge on any atom is 0.316 e. The Kier molecular flexibility index (Phi) is 9.49. The molecule has 2 saturated heterocycles. The summed E-state index contributed by atoms with van der Waals surface area (Å²) in [5.41, 5.74) is 0.969. The highest BCUT2D eigenvalue weighted by atomic mass is 32.2. The molecule has 5 rings (SSSR count). The molecule has 0 amide bonds. The molecule has 1 aromatic heterocycles. The quantitative estimate of drug-likeness (QED) is 0.334. The van der Waals surface area contributed by atoms with Gasteiger partial charge in [-0.25, -0.2) is 25.5 Å². The van der Waals surface area contributed by atoms with E-state index in [1.54, 1.807) is 24.3 Å². The van der Waals surface area contributed by atoms with Crippen LogP contribution >= 0.6 is 0 Å². The first-order valence-electron chi connectivity index (χ1n) is 14.4. The number of nitrogens with zero attached hydrogens (tertiary/aromatic N) is 5. The van der Waals surface area contributed by atoms with Gasteiger partial charge in [0.25, 0.3) is 0 Å². The Labute approximate surface area is 251 Å². The zero-order chi connectivity index (χ0) is 30.6. The lowest BCUT2D eigenvalue weighted by molar-refractivity contribution is 0.133. The molecule has 2 fully saturated rings. The number of rotatable bonds is 10. The number of benzene rings is 2. The standard InChI is InChI=1S/C29H36FN5O6S2/c1-2-20-42(37,38)33-14-12-26(13-15-33)41-28-27(21-31-35(29(28)36)25-10-8-24(30)9-11-25)32-16-18-34(19-17-32)43(39,40)22-23-6-4-3-5-7-23/h3-11,21,26H,2,12-20,22H2,1H3. The van der Waals surface area contributed by atoms with Gasteiger partial charge in [-0.05, 0) is 49.1 Å². The molecule has 3 heterocycles. The molecular formula is C29H36FN5O6S2. The monoisotopic (exact) mass is 633 g/mol. The minimum Gasteiger partial charge on any atom is -0.483 e. The summed E-state index contributed by atoms with van der Waals surface area (Å²) < 4.78 is 75.2. The van der Waals surface area contributed by atoms with Crippen LogP contribution in [-0.2, 0) is 25.8 Å². The summed E-state index contributed by atoms with van der Waals surface area (Å²) in [6.45, 7) is 3.49. The second kappa shape index (κ2) is 13.1. The number of halogens is 1. The fourth-order valence-electron chi connectivity index (χ4n) is 5.40. The van der Waals surface area contributed by atoms with Crippen LogP contribution in [0, 0.1) is 5.82 Å². The maximum absolute atomic E-state index is 13.8. The third kappa shape index (κ3) is 7.25. The average Bonchev–Trinajstić information content (AvgIpc) is 2.99. The summed E-state index contributed by atoms with van der Waals surface area (Å²) in [7, 11) is -6.88. The molecule has 232 valence electrons. The van der Waals surface area contributed by atoms with Crippen molar-refractivity contribution in [3.05, 3.63) is 82.5 Å². The molecule has 2 aromatic carbocycles. The van der Waals surface area contributed by atoms with E-state index in [9.17, 15) is 26.0 Å². The van der Waals surface area contributed by atoms with E-state index < -0.39 is 37.5 Å². The number of aromatic nitrogens is 2. The van der Waals surface area contributed by atoms with E-state index in [0.717, 1.165) is 4.68 Å². The van der Waals surface area contributed by atoms with Crippen molar-refractivity contribution in [1.29, 1.82) is 0 Å². The van der Waals surface area contributed by atoms with Gasteiger partial charge in [-0.1, -0.05) is 37.3 Å². The third-order valence-electron chi connectivity index (χ3n) is 7.69. The summed E-state index contributed by atoms with van der Waals surface area (Å²) in [6, 6.07) is 14.4. The predicted molar refractivity (Wildman–Crippen MR) is 162 cm³/mol. The first kappa shape index (κ1) is 31.1. The zero-order valence-corrected chi connectivity index (χ0v) is 25.6. The minimum atomic E-state index is -3.54. The van der Waals surface area contributed by atoms with E-state index in [-0.39, 0.29) is 43.4 Å². The number of piperidine rings is 1. The van der Waals surface area contributed by atoms with E-state index in [1.807, 2.05) is 17.9 Å². The van der Waals surface area contributed by atoms with Crippen molar-refractivity contribution in [2.24, 2.45) is 0 Å². The molecule has 0 unspecified atom stereocenters. The van der Waals surface area contributed by atoms with Gasteiger partial charge < -0.3 is 9.64 Å². The highest BCUT2D eigenvalue weighted by molar-refractivity contribution is 7.89. The molecule has 11 nitrogen and oxygen atoms in total. The highest BCUT2D eigenvalue weighted by Gasteiger charge is 2.32. The first-order chi connectivity index (χ1) is 20.6. The highest BCUT2D eigenvalue weighted by Crippen LogP contribution is 2.29. The molecule has 0 N–H and O–H groups in total. The maximum atomic E-state index is 13.8. The van der Waals surface area contributed by atoms with Crippen LogP contribution in [0.3, 0.4) is 0 Å². The average molecular weight is 634 g/mol. The Morgan fingerprint density at radius 2 is 1.49 bits per heavy atom. The van der Waals surface area contributed by atoms with Crippen LogP contribution in [0.2, 0.25) is 0 Å². The van der Waals surface area contributed by atoms with Crippen molar-refractivity contribution in [1.82, 2.24) is 18.4 Å². The first-order valence-corrected chi connectivity index (χ1v) is 17.6. The second-order valence-electron chi connectivity index (χ2n) is 10.7. The number of piperazine rings is 1. The molecule has 43 heavy (non-hydrogen) atoms. The number of anilines is 1. The van der Waals surface area contributed by atoms with Crippen molar-refractivity contribution >= 4 is 25.7 Å². The number of ether oxygens (including phenoxy) is 1. The summed E-state index contributed by atoms with van der Waals surface area (Å²) in [4.78, 5) is 15.7. The zero-order valence-electron chi connectivity index (χ0n) is 24.0. The molecule has 3 aromatic rings. The van der Waals surface area contributed by atoms with Crippen LogP contribution in [0.4, 0.5) is 10.1 Å². The van der Waals surface area contributed by atoms with E-state index in [1.165, 1.54) is 39.1 Å². The molecule has 0 bridgehead atoms. The van der Waals surface area contributed by atoms with E-state index in [0.29, 0.717) is 49.3 Å². The topological polar surface area (TPSA) is 122 Å². The van der Waals surface area contributed by atoms with Gasteiger partial charge in [0, 0.05) is 39.3 Å². The Morgan fingerprint density at radius 1 is 0.860 bits per heavy atom. The van der Waals surface area contributed by atoms with Crippen molar-refractivity contribution in [2.75, 3.05) is 49.9 Å². The van der Waals surface area contributed by atoms with Crippen LogP contribution < -0.4 is 15.2 Å². The lowest BCUT2D eigenvalue weighted by Gasteiger charge is -2.36. The van der Waals surface area contributed by atoms with E-state index in [2.05, 4.69) is 5.10 Å². The lowest BCUT2D eigenvalue weighted by atomic mass is 10.1. The number of hydrogen-bond acceptors (Lipinski definition) is 8. The molecule has 14 heteroatoms. The van der Waals surface area contributed by atoms with Gasteiger partial charge >= 0.3 is 5.56 Å². The van der Waals surface area contributed by atoms with Crippen molar-refractivity contribution in [2.45, 2.75) is 38.0 Å². The van der Waals surface area contributed by atoms with Gasteiger partial charge in [0.05, 0.1) is 23.4 Å². The van der Waals surface area contributed by atoms with Crippen LogP contribution in [-0.4, -0.2) is 86.4 Å². The molecule has 0 saturated carbocycles. The molecule has 0 aliphatic carbocycles. The number of sulfonamides is 2. The summed E-state index contributed by atoms with van der Waals surface area (Å²) in [6.07, 6.45) is 2.45. The fraction of sp³-hybridized carbons (Fsp3) is 0.448. The van der Waals surface area contributed by atoms with Gasteiger partial charge in [-0.15, -0.1) is 0 Å². The SMILES string of the molecule is CCCS(=O)(=O)N1CCC(Oc2c(N3CCN(S(=O)(=O)Cc4ccccc4)CC3)cnn(-c3ccc(F)cc3)c2=O)CC1. The van der Waals surface area contributed by atoms with Crippen LogP contribution in [0.1, 0.15) is 31.7 Å². The molecule has 0 radical (unpaired) electrons. The van der Waals surface area contributed by atoms with Crippen molar-refractivity contribution in [3.63, 3.8) is 0 Å². The van der Waals surface area contributed by atoms with E-state index in [4.69, 9.17) is 4.74 Å². The van der Waals surface area contributed by atoms with Crippen molar-refractivity contribution < 1.29 is 26.0 Å². The Bertz CT molecular complexity index is 1670.